The van der Waals surface area contributed by atoms with E-state index in [9.17, 15) is 9.18 Å². The van der Waals surface area contributed by atoms with E-state index in [-0.39, 0.29) is 5.56 Å². The number of hydrogen-bond acceptors (Lipinski definition) is 4. The summed E-state index contributed by atoms with van der Waals surface area (Å²) < 4.78 is 12.4. The lowest BCUT2D eigenvalue weighted by Gasteiger charge is -2.11. The minimum Gasteiger partial charge on any atom is -0.378 e. The third-order valence-corrected chi connectivity index (χ3v) is 2.74. The van der Waals surface area contributed by atoms with E-state index in [0.29, 0.717) is 5.69 Å². The molecule has 0 saturated carbocycles. The summed E-state index contributed by atoms with van der Waals surface area (Å²) in [6, 6.07) is 12.0. The molecule has 0 heterocycles. The number of hydrogen-bond donors (Lipinski definition) is 0. The molecule has 0 amide bonds. The Morgan fingerprint density at radius 1 is 0.900 bits per heavy atom. The molecule has 4 nitrogen and oxygen atoms in total. The van der Waals surface area contributed by atoms with Crippen molar-refractivity contribution < 1.29 is 9.18 Å². The first kappa shape index (κ1) is 13.9. The number of carbonyl (C=O) groups is 1. The van der Waals surface area contributed by atoms with Gasteiger partial charge in [0.2, 0.25) is 0 Å². The third kappa shape index (κ3) is 3.47. The molecule has 0 saturated heterocycles. The van der Waals surface area contributed by atoms with Gasteiger partial charge < -0.3 is 4.90 Å². The van der Waals surface area contributed by atoms with E-state index in [1.807, 2.05) is 43.3 Å². The van der Waals surface area contributed by atoms with E-state index in [4.69, 9.17) is 0 Å². The molecular formula is C15H14FN3O. The molecule has 0 bridgehead atoms. The zero-order chi connectivity index (χ0) is 14.5. The summed E-state index contributed by atoms with van der Waals surface area (Å²) in [5.74, 6) is 0. The lowest BCUT2D eigenvalue weighted by atomic mass is 10.2. The maximum atomic E-state index is 12.4. The van der Waals surface area contributed by atoms with Crippen LogP contribution in [0.5, 0.6) is 0 Å². The van der Waals surface area contributed by atoms with Crippen molar-refractivity contribution in [2.75, 3.05) is 19.0 Å². The Morgan fingerprint density at radius 3 is 1.75 bits per heavy atom. The normalized spacial score (nSPS) is 10.8. The Bertz CT molecular complexity index is 619. The molecule has 2 aromatic carbocycles. The van der Waals surface area contributed by atoms with Crippen molar-refractivity contribution in [1.82, 2.24) is 0 Å². The summed E-state index contributed by atoms with van der Waals surface area (Å²) in [5.41, 5.74) is 2.38. The topological polar surface area (TPSA) is 45.0 Å². The molecule has 0 aliphatic heterocycles. The smallest absolute Gasteiger partial charge is 0.332 e. The van der Waals surface area contributed by atoms with Crippen molar-refractivity contribution in [3.63, 3.8) is 0 Å². The first-order chi connectivity index (χ1) is 9.56. The van der Waals surface area contributed by atoms with Gasteiger partial charge in [0.05, 0.1) is 16.9 Å². The van der Waals surface area contributed by atoms with Crippen molar-refractivity contribution in [1.29, 1.82) is 0 Å². The van der Waals surface area contributed by atoms with Crippen molar-refractivity contribution >= 4 is 23.1 Å². The van der Waals surface area contributed by atoms with Gasteiger partial charge in [-0.2, -0.15) is 14.6 Å². The van der Waals surface area contributed by atoms with Gasteiger partial charge in [0.25, 0.3) is 0 Å². The molecule has 20 heavy (non-hydrogen) atoms. The molecule has 102 valence electrons. The van der Waals surface area contributed by atoms with E-state index in [2.05, 4.69) is 10.2 Å². The van der Waals surface area contributed by atoms with Crippen LogP contribution < -0.4 is 4.90 Å². The number of halogens is 1. The number of benzene rings is 2. The van der Waals surface area contributed by atoms with Gasteiger partial charge in [-0.15, -0.1) is 0 Å². The van der Waals surface area contributed by atoms with Crippen LogP contribution in [-0.2, 0) is 0 Å². The fourth-order valence-electron chi connectivity index (χ4n) is 1.59. The van der Waals surface area contributed by atoms with Gasteiger partial charge in [-0.25, -0.2) is 0 Å². The Kier molecular flexibility index (Phi) is 4.20. The summed E-state index contributed by atoms with van der Waals surface area (Å²) in [5, 5.41) is 8.11. The summed E-state index contributed by atoms with van der Waals surface area (Å²) >= 11 is 0. The van der Waals surface area contributed by atoms with E-state index in [0.717, 1.165) is 11.4 Å². The van der Waals surface area contributed by atoms with Crippen molar-refractivity contribution in [3.8, 4) is 0 Å². The third-order valence-electron chi connectivity index (χ3n) is 2.74. The van der Waals surface area contributed by atoms with E-state index in [1.165, 1.54) is 12.1 Å². The largest absolute Gasteiger partial charge is 0.378 e. The number of nitrogens with zero attached hydrogens (tertiary/aromatic N) is 3. The molecule has 0 aliphatic carbocycles. The lowest BCUT2D eigenvalue weighted by Crippen LogP contribution is -2.07. The average molecular weight is 271 g/mol. The van der Waals surface area contributed by atoms with Crippen LogP contribution in [0.4, 0.5) is 21.5 Å². The predicted molar refractivity (Wildman–Crippen MR) is 76.8 cm³/mol. The van der Waals surface area contributed by atoms with Crippen molar-refractivity contribution in [3.05, 3.63) is 54.1 Å². The molecule has 0 spiro atoms. The first-order valence-corrected chi connectivity index (χ1v) is 6.05. The average Bonchev–Trinajstić information content (AvgIpc) is 2.46. The van der Waals surface area contributed by atoms with Gasteiger partial charge in [0.1, 0.15) is 0 Å². The van der Waals surface area contributed by atoms with Gasteiger partial charge in [-0.1, -0.05) is 0 Å². The van der Waals surface area contributed by atoms with Crippen LogP contribution in [0.2, 0.25) is 0 Å². The highest BCUT2D eigenvalue weighted by Crippen LogP contribution is 2.21. The molecule has 0 atom stereocenters. The molecule has 0 fully saturated rings. The summed E-state index contributed by atoms with van der Waals surface area (Å²) in [6.45, 7) is 0. The van der Waals surface area contributed by atoms with Crippen LogP contribution in [0.1, 0.15) is 10.4 Å². The summed E-state index contributed by atoms with van der Waals surface area (Å²) in [6.07, 6.45) is 0. The summed E-state index contributed by atoms with van der Waals surface area (Å²) in [4.78, 5) is 12.5. The molecule has 2 rings (SSSR count). The number of anilines is 1. The standard InChI is InChI=1S/C15H14FN3O/c1-19(2)14-9-7-13(8-10-14)18-17-12-5-3-11(4-6-12)15(16)20/h3-10H,1-2H3. The maximum Gasteiger partial charge on any atom is 0.332 e. The highest BCUT2D eigenvalue weighted by atomic mass is 19.1. The van der Waals surface area contributed by atoms with Gasteiger partial charge in [0, 0.05) is 19.8 Å². The molecular weight excluding hydrogens is 257 g/mol. The van der Waals surface area contributed by atoms with Crippen LogP contribution in [-0.4, -0.2) is 20.1 Å². The van der Waals surface area contributed by atoms with Crippen LogP contribution in [0.25, 0.3) is 0 Å². The Balaban J connectivity index is 2.10. The van der Waals surface area contributed by atoms with E-state index < -0.39 is 6.04 Å². The highest BCUT2D eigenvalue weighted by Gasteiger charge is 2.02. The zero-order valence-electron chi connectivity index (χ0n) is 11.2. The van der Waals surface area contributed by atoms with Crippen LogP contribution in [0.15, 0.2) is 58.8 Å². The highest BCUT2D eigenvalue weighted by molar-refractivity contribution is 5.88. The fraction of sp³-hybridized carbons (Fsp3) is 0.133. The fourth-order valence-corrected chi connectivity index (χ4v) is 1.59. The Labute approximate surface area is 116 Å². The van der Waals surface area contributed by atoms with Crippen LogP contribution >= 0.6 is 0 Å². The minimum absolute atomic E-state index is 0.0132. The number of azo groups is 1. The number of carbonyl (C=O) groups excluding carboxylic acids is 1. The second-order valence-electron chi connectivity index (χ2n) is 4.43. The number of rotatable bonds is 4. The van der Waals surface area contributed by atoms with Crippen LogP contribution in [0.3, 0.4) is 0 Å². The second-order valence-corrected chi connectivity index (χ2v) is 4.43. The molecule has 0 N–H and O–H groups in total. The van der Waals surface area contributed by atoms with Crippen molar-refractivity contribution in [2.45, 2.75) is 0 Å². The quantitative estimate of drug-likeness (QED) is 0.615. The van der Waals surface area contributed by atoms with E-state index in [1.54, 1.807) is 12.1 Å². The molecule has 2 aromatic rings. The van der Waals surface area contributed by atoms with E-state index >= 15 is 0 Å². The predicted octanol–water partition coefficient (Wildman–Crippen LogP) is 4.28. The zero-order valence-corrected chi connectivity index (χ0v) is 11.2. The van der Waals surface area contributed by atoms with Gasteiger partial charge in [-0.05, 0) is 48.5 Å². The van der Waals surface area contributed by atoms with Gasteiger partial charge in [-0.3, -0.25) is 4.79 Å². The lowest BCUT2D eigenvalue weighted by molar-refractivity contribution is 0.0836. The van der Waals surface area contributed by atoms with Gasteiger partial charge >= 0.3 is 6.04 Å². The van der Waals surface area contributed by atoms with Gasteiger partial charge in [0.15, 0.2) is 0 Å². The molecule has 0 unspecified atom stereocenters. The Morgan fingerprint density at radius 2 is 1.35 bits per heavy atom. The molecule has 5 heteroatoms. The molecule has 0 aliphatic rings. The molecule has 0 radical (unpaired) electrons. The minimum atomic E-state index is -1.45. The van der Waals surface area contributed by atoms with Crippen LogP contribution in [0, 0.1) is 0 Å². The monoisotopic (exact) mass is 271 g/mol. The Hall–Kier alpha value is -2.56. The second kappa shape index (κ2) is 6.06. The maximum absolute atomic E-state index is 12.4. The first-order valence-electron chi connectivity index (χ1n) is 6.05. The summed E-state index contributed by atoms with van der Waals surface area (Å²) in [7, 11) is 3.93. The van der Waals surface area contributed by atoms with Crippen molar-refractivity contribution in [2.24, 2.45) is 10.2 Å². The SMILES string of the molecule is CN(C)c1ccc(N=Nc2ccc(C(=O)F)cc2)cc1. The molecule has 0 aromatic heterocycles.